The fourth-order valence-electron chi connectivity index (χ4n) is 3.40. The fourth-order valence-corrected chi connectivity index (χ4v) is 3.40. The molecule has 2 heterocycles. The van der Waals surface area contributed by atoms with Crippen molar-refractivity contribution >= 4 is 22.9 Å². The number of fused-ring (bicyclic) bond motifs is 1. The van der Waals surface area contributed by atoms with Crippen LogP contribution in [-0.4, -0.2) is 42.6 Å². The molecule has 0 spiro atoms. The van der Waals surface area contributed by atoms with Gasteiger partial charge in [0.25, 0.3) is 5.91 Å². The number of amides is 3. The zero-order chi connectivity index (χ0) is 20.1. The first-order valence-electron chi connectivity index (χ1n) is 9.63. The van der Waals surface area contributed by atoms with Crippen molar-refractivity contribution in [3.05, 3.63) is 66.4 Å². The number of hydrogen-bond acceptors (Lipinski definition) is 4. The van der Waals surface area contributed by atoms with Gasteiger partial charge in [0, 0.05) is 31.1 Å². The maximum absolute atomic E-state index is 12.3. The quantitative estimate of drug-likeness (QED) is 0.675. The Morgan fingerprint density at radius 1 is 1.14 bits per heavy atom. The van der Waals surface area contributed by atoms with E-state index < -0.39 is 0 Å². The topological polar surface area (TPSA) is 83.8 Å². The smallest absolute Gasteiger partial charge is 0.315 e. The van der Waals surface area contributed by atoms with Crippen molar-refractivity contribution < 1.29 is 18.7 Å². The summed E-state index contributed by atoms with van der Waals surface area (Å²) < 4.78 is 10.8. The van der Waals surface area contributed by atoms with Crippen molar-refractivity contribution in [1.29, 1.82) is 0 Å². The molecule has 1 aliphatic rings. The molecule has 4 rings (SSSR count). The molecule has 0 saturated carbocycles. The Labute approximate surface area is 168 Å². The molecule has 2 N–H and O–H groups in total. The van der Waals surface area contributed by atoms with Crippen LogP contribution in [0.15, 0.2) is 65.3 Å². The molecule has 1 atom stereocenters. The predicted molar refractivity (Wildman–Crippen MR) is 109 cm³/mol. The van der Waals surface area contributed by atoms with Crippen LogP contribution in [0.3, 0.4) is 0 Å². The highest BCUT2D eigenvalue weighted by atomic mass is 16.5. The first-order valence-corrected chi connectivity index (χ1v) is 9.63. The first kappa shape index (κ1) is 18.9. The zero-order valence-corrected chi connectivity index (χ0v) is 16.0. The second-order valence-electron chi connectivity index (χ2n) is 7.05. The van der Waals surface area contributed by atoms with Gasteiger partial charge in [-0.15, -0.1) is 0 Å². The Morgan fingerprint density at radius 2 is 2.00 bits per heavy atom. The van der Waals surface area contributed by atoms with Crippen LogP contribution in [0.2, 0.25) is 0 Å². The van der Waals surface area contributed by atoms with Crippen molar-refractivity contribution in [2.75, 3.05) is 19.7 Å². The summed E-state index contributed by atoms with van der Waals surface area (Å²) in [6.45, 7) is 1.52. The van der Waals surface area contributed by atoms with Gasteiger partial charge in [0.05, 0.1) is 6.26 Å². The Balaban J connectivity index is 1.20. The van der Waals surface area contributed by atoms with Crippen molar-refractivity contribution in [1.82, 2.24) is 15.5 Å². The van der Waals surface area contributed by atoms with Gasteiger partial charge >= 0.3 is 6.03 Å². The van der Waals surface area contributed by atoms with Crippen LogP contribution in [-0.2, 0) is 11.3 Å². The Kier molecular flexibility index (Phi) is 5.65. The number of benzene rings is 2. The third-order valence-corrected chi connectivity index (χ3v) is 4.95. The standard InChI is InChI=1S/C22H23N3O4/c26-21(15-29-19-4-2-1-3-5-19)25-10-8-18(14-25)24-22(27)23-13-16-6-7-20-17(12-16)9-11-28-20/h1-7,9,11-12,18H,8,10,13-15H2,(H2,23,24,27). The molecule has 3 aromatic rings. The minimum atomic E-state index is -0.239. The number of rotatable bonds is 6. The number of likely N-dealkylation sites (tertiary alicyclic amines) is 1. The molecule has 7 nitrogen and oxygen atoms in total. The second-order valence-corrected chi connectivity index (χ2v) is 7.05. The molecule has 0 aliphatic carbocycles. The molecular weight excluding hydrogens is 370 g/mol. The third kappa shape index (κ3) is 4.87. The number of para-hydroxylation sites is 1. The molecule has 0 bridgehead atoms. The van der Waals surface area contributed by atoms with E-state index in [0.29, 0.717) is 25.4 Å². The van der Waals surface area contributed by atoms with E-state index in [-0.39, 0.29) is 24.6 Å². The van der Waals surface area contributed by atoms with Gasteiger partial charge < -0.3 is 24.7 Å². The van der Waals surface area contributed by atoms with E-state index in [1.54, 1.807) is 11.2 Å². The van der Waals surface area contributed by atoms with Gasteiger partial charge in [0.2, 0.25) is 0 Å². The molecular formula is C22H23N3O4. The molecule has 150 valence electrons. The van der Waals surface area contributed by atoms with Gasteiger partial charge in [-0.05, 0) is 42.3 Å². The monoisotopic (exact) mass is 393 g/mol. The van der Waals surface area contributed by atoms with Crippen LogP contribution in [0.5, 0.6) is 5.75 Å². The molecule has 0 radical (unpaired) electrons. The number of urea groups is 1. The maximum atomic E-state index is 12.3. The van der Waals surface area contributed by atoms with Gasteiger partial charge in [-0.1, -0.05) is 24.3 Å². The lowest BCUT2D eigenvalue weighted by atomic mass is 10.1. The van der Waals surface area contributed by atoms with Crippen molar-refractivity contribution in [3.8, 4) is 5.75 Å². The normalized spacial score (nSPS) is 16.0. The number of hydrogen-bond donors (Lipinski definition) is 2. The fraction of sp³-hybridized carbons (Fsp3) is 0.273. The van der Waals surface area contributed by atoms with Crippen LogP contribution in [0.4, 0.5) is 4.79 Å². The summed E-state index contributed by atoms with van der Waals surface area (Å²) in [5.41, 5.74) is 1.82. The lowest BCUT2D eigenvalue weighted by molar-refractivity contribution is -0.132. The molecule has 1 saturated heterocycles. The van der Waals surface area contributed by atoms with E-state index in [9.17, 15) is 9.59 Å². The maximum Gasteiger partial charge on any atom is 0.315 e. The number of ether oxygens (including phenoxy) is 1. The van der Waals surface area contributed by atoms with Gasteiger partial charge in [0.15, 0.2) is 6.61 Å². The first-order chi connectivity index (χ1) is 14.2. The largest absolute Gasteiger partial charge is 0.484 e. The Bertz CT molecular complexity index is 986. The van der Waals surface area contributed by atoms with Crippen molar-refractivity contribution in [2.45, 2.75) is 19.0 Å². The summed E-state index contributed by atoms with van der Waals surface area (Å²) in [5.74, 6) is 0.592. The van der Waals surface area contributed by atoms with E-state index in [1.807, 2.05) is 54.6 Å². The highest BCUT2D eigenvalue weighted by Gasteiger charge is 2.27. The van der Waals surface area contributed by atoms with Crippen LogP contribution in [0, 0.1) is 0 Å². The molecule has 2 aromatic carbocycles. The molecule has 7 heteroatoms. The second kappa shape index (κ2) is 8.68. The van der Waals surface area contributed by atoms with Crippen LogP contribution in [0.1, 0.15) is 12.0 Å². The SMILES string of the molecule is O=C(NCc1ccc2occc2c1)NC1CCN(C(=O)COc2ccccc2)C1. The molecule has 1 aromatic heterocycles. The summed E-state index contributed by atoms with van der Waals surface area (Å²) in [6.07, 6.45) is 2.37. The van der Waals surface area contributed by atoms with Crippen molar-refractivity contribution in [3.63, 3.8) is 0 Å². The van der Waals surface area contributed by atoms with E-state index in [1.165, 1.54) is 0 Å². The van der Waals surface area contributed by atoms with Crippen LogP contribution >= 0.6 is 0 Å². The van der Waals surface area contributed by atoms with Gasteiger partial charge in [0.1, 0.15) is 11.3 Å². The summed E-state index contributed by atoms with van der Waals surface area (Å²) in [7, 11) is 0. The van der Waals surface area contributed by atoms with E-state index >= 15 is 0 Å². The third-order valence-electron chi connectivity index (χ3n) is 4.95. The minimum Gasteiger partial charge on any atom is -0.484 e. The van der Waals surface area contributed by atoms with E-state index in [0.717, 1.165) is 23.0 Å². The van der Waals surface area contributed by atoms with Gasteiger partial charge in [-0.25, -0.2) is 4.79 Å². The van der Waals surface area contributed by atoms with Gasteiger partial charge in [-0.2, -0.15) is 0 Å². The predicted octanol–water partition coefficient (Wildman–Crippen LogP) is 2.91. The zero-order valence-electron chi connectivity index (χ0n) is 16.0. The molecule has 1 aliphatic heterocycles. The number of carbonyl (C=O) groups excluding carboxylic acids is 2. The summed E-state index contributed by atoms with van der Waals surface area (Å²) >= 11 is 0. The average molecular weight is 393 g/mol. The number of nitrogens with one attached hydrogen (secondary N) is 2. The molecule has 29 heavy (non-hydrogen) atoms. The van der Waals surface area contributed by atoms with E-state index in [2.05, 4.69) is 10.6 Å². The minimum absolute atomic E-state index is 0.000576. The highest BCUT2D eigenvalue weighted by molar-refractivity contribution is 5.79. The highest BCUT2D eigenvalue weighted by Crippen LogP contribution is 2.17. The molecule has 3 amide bonds. The number of carbonyl (C=O) groups is 2. The van der Waals surface area contributed by atoms with Crippen LogP contribution < -0.4 is 15.4 Å². The van der Waals surface area contributed by atoms with Crippen molar-refractivity contribution in [2.24, 2.45) is 0 Å². The van der Waals surface area contributed by atoms with E-state index in [4.69, 9.17) is 9.15 Å². The Hall–Kier alpha value is -3.48. The summed E-state index contributed by atoms with van der Waals surface area (Å²) in [6, 6.07) is 16.6. The number of nitrogens with zero attached hydrogens (tertiary/aromatic N) is 1. The Morgan fingerprint density at radius 3 is 2.86 bits per heavy atom. The van der Waals surface area contributed by atoms with Crippen LogP contribution in [0.25, 0.3) is 11.0 Å². The lowest BCUT2D eigenvalue weighted by Gasteiger charge is -2.17. The summed E-state index contributed by atoms with van der Waals surface area (Å²) in [5, 5.41) is 6.81. The molecule has 1 fully saturated rings. The lowest BCUT2D eigenvalue weighted by Crippen LogP contribution is -2.44. The average Bonchev–Trinajstić information content (AvgIpc) is 3.40. The summed E-state index contributed by atoms with van der Waals surface area (Å²) in [4.78, 5) is 26.2. The number of furan rings is 1. The van der Waals surface area contributed by atoms with Gasteiger partial charge in [-0.3, -0.25) is 4.79 Å². The molecule has 1 unspecified atom stereocenters.